The van der Waals surface area contributed by atoms with Gasteiger partial charge in [0, 0.05) is 11.0 Å². The summed E-state index contributed by atoms with van der Waals surface area (Å²) in [4.78, 5) is 12.9. The summed E-state index contributed by atoms with van der Waals surface area (Å²) in [6.45, 7) is 2.23. The minimum Gasteiger partial charge on any atom is -0.462 e. The Hall–Kier alpha value is -2.32. The van der Waals surface area contributed by atoms with Crippen LogP contribution in [0.2, 0.25) is 0 Å². The molecule has 2 heterocycles. The first-order chi connectivity index (χ1) is 9.19. The van der Waals surface area contributed by atoms with Gasteiger partial charge in [-0.1, -0.05) is 6.07 Å². The molecule has 0 radical (unpaired) electrons. The van der Waals surface area contributed by atoms with Gasteiger partial charge in [0.05, 0.1) is 6.54 Å². The quantitative estimate of drug-likeness (QED) is 0.687. The monoisotopic (exact) mass is 272 g/mol. The molecule has 0 aromatic carbocycles. The van der Waals surface area contributed by atoms with Crippen molar-refractivity contribution in [3.8, 4) is 6.07 Å². The van der Waals surface area contributed by atoms with Crippen molar-refractivity contribution in [3.63, 3.8) is 0 Å². The van der Waals surface area contributed by atoms with Crippen molar-refractivity contribution in [3.05, 3.63) is 51.6 Å². The van der Waals surface area contributed by atoms with Crippen molar-refractivity contribution >= 4 is 23.3 Å². The second-order valence-corrected chi connectivity index (χ2v) is 4.91. The number of amides is 1. The van der Waals surface area contributed by atoms with Crippen LogP contribution in [0.3, 0.4) is 0 Å². The van der Waals surface area contributed by atoms with Crippen molar-refractivity contribution in [2.24, 2.45) is 0 Å². The third kappa shape index (κ3) is 3.57. The zero-order valence-corrected chi connectivity index (χ0v) is 11.2. The van der Waals surface area contributed by atoms with Gasteiger partial charge in [0.1, 0.15) is 23.2 Å². The summed E-state index contributed by atoms with van der Waals surface area (Å²) in [6.07, 6.45) is 1.44. The van der Waals surface area contributed by atoms with E-state index in [-0.39, 0.29) is 5.57 Å². The number of nitrogens with one attached hydrogen (secondary N) is 1. The molecule has 0 saturated heterocycles. The minimum atomic E-state index is -0.398. The van der Waals surface area contributed by atoms with Gasteiger partial charge < -0.3 is 9.73 Å². The van der Waals surface area contributed by atoms with Crippen LogP contribution in [0.4, 0.5) is 0 Å². The maximum absolute atomic E-state index is 11.8. The van der Waals surface area contributed by atoms with Crippen molar-refractivity contribution in [1.29, 1.82) is 5.26 Å². The molecule has 0 fully saturated rings. The lowest BCUT2D eigenvalue weighted by molar-refractivity contribution is -0.117. The molecule has 0 aliphatic heterocycles. The van der Waals surface area contributed by atoms with Gasteiger partial charge in [0.2, 0.25) is 0 Å². The molecule has 0 aliphatic carbocycles. The molecule has 0 atom stereocenters. The summed E-state index contributed by atoms with van der Waals surface area (Å²) in [5, 5.41) is 13.6. The molecule has 4 nitrogen and oxygen atoms in total. The highest BCUT2D eigenvalue weighted by Gasteiger charge is 2.10. The summed E-state index contributed by atoms with van der Waals surface area (Å²) in [5.74, 6) is 0.841. The van der Waals surface area contributed by atoms with Crippen molar-refractivity contribution in [2.45, 2.75) is 13.5 Å². The molecule has 1 amide bonds. The normalized spacial score (nSPS) is 11.1. The smallest absolute Gasteiger partial charge is 0.262 e. The summed E-state index contributed by atoms with van der Waals surface area (Å²) in [6, 6.07) is 9.23. The van der Waals surface area contributed by atoms with Crippen LogP contribution in [-0.4, -0.2) is 5.91 Å². The van der Waals surface area contributed by atoms with Gasteiger partial charge in [-0.05, 0) is 30.5 Å². The molecule has 0 bridgehead atoms. The number of hydrogen-bond donors (Lipinski definition) is 1. The van der Waals surface area contributed by atoms with E-state index in [0.717, 1.165) is 10.6 Å². The summed E-state index contributed by atoms with van der Waals surface area (Å²) < 4.78 is 5.31. The van der Waals surface area contributed by atoms with Crippen molar-refractivity contribution in [2.75, 3.05) is 0 Å². The molecule has 5 heteroatoms. The second-order valence-electron chi connectivity index (χ2n) is 3.88. The lowest BCUT2D eigenvalue weighted by Crippen LogP contribution is -2.23. The van der Waals surface area contributed by atoms with Crippen molar-refractivity contribution < 1.29 is 9.21 Å². The van der Waals surface area contributed by atoms with Crippen LogP contribution in [0.15, 0.2) is 39.6 Å². The Morgan fingerprint density at radius 3 is 2.95 bits per heavy atom. The molecule has 1 N–H and O–H groups in total. The summed E-state index contributed by atoms with van der Waals surface area (Å²) in [5.41, 5.74) is 0.0332. The Morgan fingerprint density at radius 2 is 2.37 bits per heavy atom. The maximum atomic E-state index is 11.8. The largest absolute Gasteiger partial charge is 0.462 e. The molecule has 2 rings (SSSR count). The predicted molar refractivity (Wildman–Crippen MR) is 73.2 cm³/mol. The van der Waals surface area contributed by atoms with E-state index >= 15 is 0 Å². The maximum Gasteiger partial charge on any atom is 0.262 e. The van der Waals surface area contributed by atoms with Crippen LogP contribution in [-0.2, 0) is 11.3 Å². The summed E-state index contributed by atoms with van der Waals surface area (Å²) in [7, 11) is 0. The lowest BCUT2D eigenvalue weighted by atomic mass is 10.2. The van der Waals surface area contributed by atoms with Gasteiger partial charge in [-0.2, -0.15) is 5.26 Å². The highest BCUT2D eigenvalue weighted by Crippen LogP contribution is 2.12. The van der Waals surface area contributed by atoms with Crippen LogP contribution >= 0.6 is 11.3 Å². The molecule has 0 saturated carbocycles. The molecule has 2 aromatic rings. The van der Waals surface area contributed by atoms with Crippen LogP contribution in [0.1, 0.15) is 16.4 Å². The third-order valence-corrected chi connectivity index (χ3v) is 3.29. The second kappa shape index (κ2) is 6.03. The van der Waals surface area contributed by atoms with E-state index in [1.54, 1.807) is 30.4 Å². The zero-order valence-electron chi connectivity index (χ0n) is 10.3. The number of carbonyl (C=O) groups is 1. The first kappa shape index (κ1) is 13.1. The average Bonchev–Trinajstić information content (AvgIpc) is 3.04. The van der Waals surface area contributed by atoms with Crippen LogP contribution < -0.4 is 5.32 Å². The molecule has 0 aliphatic rings. The van der Waals surface area contributed by atoms with Gasteiger partial charge in [-0.15, -0.1) is 11.3 Å². The Morgan fingerprint density at radius 1 is 1.53 bits per heavy atom. The van der Waals surface area contributed by atoms with E-state index in [0.29, 0.717) is 12.3 Å². The Balaban J connectivity index is 2.03. The highest BCUT2D eigenvalue weighted by molar-refractivity contribution is 7.09. The molecular weight excluding hydrogens is 260 g/mol. The SMILES string of the molecule is Cc1ccc(/C=C(\C#N)C(=O)NCc2cccs2)o1. The number of thiophene rings is 1. The number of nitrogens with zero attached hydrogens (tertiary/aromatic N) is 1. The first-order valence-corrected chi connectivity index (χ1v) is 6.56. The fourth-order valence-corrected chi connectivity index (χ4v) is 2.14. The standard InChI is InChI=1S/C14H12N2O2S/c1-10-4-5-12(18-10)7-11(8-15)14(17)16-9-13-3-2-6-19-13/h2-7H,9H2,1H3,(H,16,17)/b11-7+. The van der Waals surface area contributed by atoms with E-state index in [1.807, 2.05) is 23.6 Å². The summed E-state index contributed by atoms with van der Waals surface area (Å²) >= 11 is 1.56. The highest BCUT2D eigenvalue weighted by atomic mass is 32.1. The van der Waals surface area contributed by atoms with Gasteiger partial charge in [-0.25, -0.2) is 0 Å². The van der Waals surface area contributed by atoms with Crippen LogP contribution in [0, 0.1) is 18.3 Å². The number of nitriles is 1. The Kier molecular flexibility index (Phi) is 4.16. The topological polar surface area (TPSA) is 66.0 Å². The fourth-order valence-electron chi connectivity index (χ4n) is 1.50. The van der Waals surface area contributed by atoms with E-state index in [4.69, 9.17) is 9.68 Å². The van der Waals surface area contributed by atoms with Crippen molar-refractivity contribution in [1.82, 2.24) is 5.32 Å². The molecular formula is C14H12N2O2S. The molecule has 0 spiro atoms. The molecule has 0 unspecified atom stereocenters. The van der Waals surface area contributed by atoms with Gasteiger partial charge in [-0.3, -0.25) is 4.79 Å². The van der Waals surface area contributed by atoms with E-state index < -0.39 is 5.91 Å². The first-order valence-electron chi connectivity index (χ1n) is 5.68. The lowest BCUT2D eigenvalue weighted by Gasteiger charge is -2.01. The van der Waals surface area contributed by atoms with E-state index in [1.165, 1.54) is 6.08 Å². The average molecular weight is 272 g/mol. The zero-order chi connectivity index (χ0) is 13.7. The minimum absolute atomic E-state index is 0.0332. The van der Waals surface area contributed by atoms with E-state index in [2.05, 4.69) is 5.32 Å². The Bertz CT molecular complexity index is 633. The number of aryl methyl sites for hydroxylation is 1. The number of rotatable bonds is 4. The van der Waals surface area contributed by atoms with Gasteiger partial charge in [0.25, 0.3) is 5.91 Å². The Labute approximate surface area is 115 Å². The predicted octanol–water partition coefficient (Wildman–Crippen LogP) is 2.87. The number of furan rings is 1. The van der Waals surface area contributed by atoms with E-state index in [9.17, 15) is 4.79 Å². The molecule has 96 valence electrons. The molecule has 19 heavy (non-hydrogen) atoms. The van der Waals surface area contributed by atoms with Gasteiger partial charge in [0.15, 0.2) is 0 Å². The number of carbonyl (C=O) groups excluding carboxylic acids is 1. The number of hydrogen-bond acceptors (Lipinski definition) is 4. The third-order valence-electron chi connectivity index (χ3n) is 2.42. The fraction of sp³-hybridized carbons (Fsp3) is 0.143. The van der Waals surface area contributed by atoms with Crippen LogP contribution in [0.5, 0.6) is 0 Å². The molecule has 2 aromatic heterocycles. The van der Waals surface area contributed by atoms with Gasteiger partial charge >= 0.3 is 0 Å². The van der Waals surface area contributed by atoms with Crippen LogP contribution in [0.25, 0.3) is 6.08 Å².